The predicted molar refractivity (Wildman–Crippen MR) is 109 cm³/mol. The molecule has 0 aliphatic carbocycles. The highest BCUT2D eigenvalue weighted by Crippen LogP contribution is 2.25. The first-order valence-corrected chi connectivity index (χ1v) is 10.2. The molecule has 1 aromatic heterocycles. The first-order chi connectivity index (χ1) is 13.4. The van der Waals surface area contributed by atoms with Crippen molar-refractivity contribution < 1.29 is 13.2 Å². The van der Waals surface area contributed by atoms with Crippen LogP contribution in [0.15, 0.2) is 78.0 Å². The van der Waals surface area contributed by atoms with E-state index in [1.165, 1.54) is 23.5 Å². The van der Waals surface area contributed by atoms with E-state index in [2.05, 4.69) is 10.3 Å². The van der Waals surface area contributed by atoms with Crippen LogP contribution in [0.2, 0.25) is 0 Å². The Morgan fingerprint density at radius 2 is 1.75 bits per heavy atom. The molecule has 0 aliphatic rings. The zero-order chi connectivity index (χ0) is 20.1. The van der Waals surface area contributed by atoms with Gasteiger partial charge in [-0.05, 0) is 54.4 Å². The Balaban J connectivity index is 1.82. The number of hydrogen-bond acceptors (Lipinski definition) is 4. The summed E-state index contributed by atoms with van der Waals surface area (Å²) in [6.07, 6.45) is 3.30. The highest BCUT2D eigenvalue weighted by atomic mass is 32.2. The molecule has 0 aliphatic heterocycles. The van der Waals surface area contributed by atoms with E-state index in [0.717, 1.165) is 11.1 Å². The number of aromatic nitrogens is 1. The molecule has 28 heavy (non-hydrogen) atoms. The van der Waals surface area contributed by atoms with E-state index in [4.69, 9.17) is 0 Å². The number of sulfonamides is 1. The number of aryl methyl sites for hydroxylation is 1. The molecular weight excluding hydrogens is 374 g/mol. The van der Waals surface area contributed by atoms with Crippen molar-refractivity contribution in [2.24, 2.45) is 0 Å². The van der Waals surface area contributed by atoms with Crippen molar-refractivity contribution in [3.63, 3.8) is 0 Å². The summed E-state index contributed by atoms with van der Waals surface area (Å²) in [5.41, 5.74) is 2.63. The minimum atomic E-state index is -3.79. The van der Waals surface area contributed by atoms with Gasteiger partial charge < -0.3 is 5.32 Å². The Labute approximate surface area is 164 Å². The van der Waals surface area contributed by atoms with E-state index in [0.29, 0.717) is 12.2 Å². The van der Waals surface area contributed by atoms with Crippen molar-refractivity contribution in [2.45, 2.75) is 18.4 Å². The van der Waals surface area contributed by atoms with Crippen LogP contribution in [0.3, 0.4) is 0 Å². The molecule has 0 saturated carbocycles. The Bertz CT molecular complexity index is 1080. The van der Waals surface area contributed by atoms with Gasteiger partial charge in [0, 0.05) is 31.5 Å². The van der Waals surface area contributed by atoms with Crippen LogP contribution < -0.4 is 9.62 Å². The van der Waals surface area contributed by atoms with Crippen LogP contribution >= 0.6 is 0 Å². The van der Waals surface area contributed by atoms with Crippen molar-refractivity contribution >= 4 is 21.6 Å². The zero-order valence-corrected chi connectivity index (χ0v) is 16.5. The van der Waals surface area contributed by atoms with Crippen molar-refractivity contribution in [3.8, 4) is 0 Å². The van der Waals surface area contributed by atoms with Gasteiger partial charge in [0.15, 0.2) is 0 Å². The molecule has 1 N–H and O–H groups in total. The lowest BCUT2D eigenvalue weighted by atomic mass is 10.2. The smallest absolute Gasteiger partial charge is 0.264 e. The van der Waals surface area contributed by atoms with E-state index >= 15 is 0 Å². The van der Waals surface area contributed by atoms with E-state index < -0.39 is 10.0 Å². The SMILES string of the molecule is Cc1ccccc1N(C)S(=O)(=O)c1cccc(C(=O)NCc2ccncc2)c1. The van der Waals surface area contributed by atoms with E-state index in [1.807, 2.05) is 19.1 Å². The minimum Gasteiger partial charge on any atom is -0.348 e. The van der Waals surface area contributed by atoms with Gasteiger partial charge in [0.25, 0.3) is 15.9 Å². The van der Waals surface area contributed by atoms with Gasteiger partial charge in [0.2, 0.25) is 0 Å². The minimum absolute atomic E-state index is 0.0646. The summed E-state index contributed by atoms with van der Waals surface area (Å²) >= 11 is 0. The predicted octanol–water partition coefficient (Wildman–Crippen LogP) is 3.15. The first-order valence-electron chi connectivity index (χ1n) is 8.71. The normalized spacial score (nSPS) is 11.1. The van der Waals surface area contributed by atoms with E-state index in [-0.39, 0.29) is 16.4 Å². The third kappa shape index (κ3) is 4.20. The monoisotopic (exact) mass is 395 g/mol. The fourth-order valence-corrected chi connectivity index (χ4v) is 4.09. The lowest BCUT2D eigenvalue weighted by Gasteiger charge is -2.21. The molecule has 3 aromatic rings. The first kappa shape index (κ1) is 19.6. The van der Waals surface area contributed by atoms with Gasteiger partial charge in [-0.15, -0.1) is 0 Å². The van der Waals surface area contributed by atoms with Crippen molar-refractivity contribution in [1.29, 1.82) is 0 Å². The quantitative estimate of drug-likeness (QED) is 0.695. The van der Waals surface area contributed by atoms with E-state index in [9.17, 15) is 13.2 Å². The second-order valence-electron chi connectivity index (χ2n) is 6.32. The summed E-state index contributed by atoms with van der Waals surface area (Å²) in [5, 5.41) is 2.79. The van der Waals surface area contributed by atoms with Crippen molar-refractivity contribution in [2.75, 3.05) is 11.4 Å². The lowest BCUT2D eigenvalue weighted by molar-refractivity contribution is 0.0950. The number of nitrogens with one attached hydrogen (secondary N) is 1. The molecule has 144 valence electrons. The number of benzene rings is 2. The average molecular weight is 395 g/mol. The summed E-state index contributed by atoms with van der Waals surface area (Å²) in [6.45, 7) is 2.19. The second kappa shape index (κ2) is 8.22. The number of nitrogens with zero attached hydrogens (tertiary/aromatic N) is 2. The lowest BCUT2D eigenvalue weighted by Crippen LogP contribution is -2.28. The molecule has 0 saturated heterocycles. The highest BCUT2D eigenvalue weighted by molar-refractivity contribution is 7.92. The summed E-state index contributed by atoms with van der Waals surface area (Å²) in [4.78, 5) is 16.5. The van der Waals surface area contributed by atoms with Crippen LogP contribution in [0.5, 0.6) is 0 Å². The third-order valence-corrected chi connectivity index (χ3v) is 6.18. The number of amides is 1. The van der Waals surface area contributed by atoms with Crippen LogP contribution in [0, 0.1) is 6.92 Å². The maximum absolute atomic E-state index is 13.0. The van der Waals surface area contributed by atoms with Gasteiger partial charge in [-0.25, -0.2) is 8.42 Å². The molecule has 3 rings (SSSR count). The molecule has 6 nitrogen and oxygen atoms in total. The molecule has 0 bridgehead atoms. The maximum Gasteiger partial charge on any atom is 0.264 e. The summed E-state index contributed by atoms with van der Waals surface area (Å²) < 4.78 is 27.3. The van der Waals surface area contributed by atoms with Crippen LogP contribution in [0.1, 0.15) is 21.5 Å². The van der Waals surface area contributed by atoms with Crippen molar-refractivity contribution in [1.82, 2.24) is 10.3 Å². The van der Waals surface area contributed by atoms with Gasteiger partial charge >= 0.3 is 0 Å². The molecule has 0 unspecified atom stereocenters. The molecule has 2 aromatic carbocycles. The van der Waals surface area contributed by atoms with Gasteiger partial charge in [-0.3, -0.25) is 14.1 Å². The van der Waals surface area contributed by atoms with Crippen LogP contribution in [-0.4, -0.2) is 26.4 Å². The number of hydrogen-bond donors (Lipinski definition) is 1. The second-order valence-corrected chi connectivity index (χ2v) is 8.29. The molecule has 0 spiro atoms. The fraction of sp³-hybridized carbons (Fsp3) is 0.143. The Kier molecular flexibility index (Phi) is 5.75. The van der Waals surface area contributed by atoms with E-state index in [1.54, 1.807) is 48.8 Å². The summed E-state index contributed by atoms with van der Waals surface area (Å²) in [5.74, 6) is -0.340. The molecule has 1 heterocycles. The molecule has 0 fully saturated rings. The molecule has 0 radical (unpaired) electrons. The number of anilines is 1. The third-order valence-electron chi connectivity index (χ3n) is 4.41. The number of carbonyl (C=O) groups excluding carboxylic acids is 1. The Morgan fingerprint density at radius 1 is 1.04 bits per heavy atom. The molecule has 0 atom stereocenters. The molecule has 7 heteroatoms. The largest absolute Gasteiger partial charge is 0.348 e. The van der Waals surface area contributed by atoms with Gasteiger partial charge in [-0.2, -0.15) is 0 Å². The van der Waals surface area contributed by atoms with Crippen molar-refractivity contribution in [3.05, 3.63) is 89.7 Å². The highest BCUT2D eigenvalue weighted by Gasteiger charge is 2.23. The summed E-state index contributed by atoms with van der Waals surface area (Å²) in [7, 11) is -2.28. The zero-order valence-electron chi connectivity index (χ0n) is 15.7. The Hall–Kier alpha value is -3.19. The summed E-state index contributed by atoms with van der Waals surface area (Å²) in [6, 6.07) is 16.9. The van der Waals surface area contributed by atoms with Crippen LogP contribution in [0.4, 0.5) is 5.69 Å². The number of para-hydroxylation sites is 1. The molecular formula is C21H21N3O3S. The van der Waals surface area contributed by atoms with Crippen LogP contribution in [-0.2, 0) is 16.6 Å². The average Bonchev–Trinajstić information content (AvgIpc) is 2.72. The fourth-order valence-electron chi connectivity index (χ4n) is 2.79. The van der Waals surface area contributed by atoms with Gasteiger partial charge in [-0.1, -0.05) is 24.3 Å². The number of pyridine rings is 1. The van der Waals surface area contributed by atoms with Gasteiger partial charge in [0.05, 0.1) is 10.6 Å². The number of carbonyl (C=O) groups is 1. The number of rotatable bonds is 6. The molecule has 1 amide bonds. The van der Waals surface area contributed by atoms with Crippen LogP contribution in [0.25, 0.3) is 0 Å². The topological polar surface area (TPSA) is 79.4 Å². The standard InChI is InChI=1S/C21H21N3O3S/c1-16-6-3-4-9-20(16)24(2)28(26,27)19-8-5-7-18(14-19)21(25)23-15-17-10-12-22-13-11-17/h3-14H,15H2,1-2H3,(H,23,25). The Morgan fingerprint density at radius 3 is 2.46 bits per heavy atom. The van der Waals surface area contributed by atoms with Gasteiger partial charge in [0.1, 0.15) is 0 Å². The maximum atomic E-state index is 13.0.